The van der Waals surface area contributed by atoms with Gasteiger partial charge in [-0.25, -0.2) is 0 Å². The highest BCUT2D eigenvalue weighted by Gasteiger charge is 2.09. The molecule has 0 aliphatic rings. The van der Waals surface area contributed by atoms with Crippen LogP contribution in [0.2, 0.25) is 0 Å². The molecule has 0 radical (unpaired) electrons. The number of aryl methyl sites for hydroxylation is 2. The van der Waals surface area contributed by atoms with Gasteiger partial charge in [0.15, 0.2) is 5.78 Å². The molecule has 2 nitrogen and oxygen atoms in total. The topological polar surface area (TPSA) is 26.3 Å². The standard InChI is InChI=1S/C17H17BrO2/c1-11-4-6-14(8-12(11)2)16(19)10-13-5-7-17(20-3)15(18)9-13/h4-9H,10H2,1-3H3. The number of rotatable bonds is 4. The maximum absolute atomic E-state index is 12.3. The van der Waals surface area contributed by atoms with Crippen molar-refractivity contribution in [3.05, 3.63) is 63.1 Å². The predicted octanol–water partition coefficient (Wildman–Crippen LogP) is 4.50. The molecular formula is C17H17BrO2. The van der Waals surface area contributed by atoms with Gasteiger partial charge in [0.25, 0.3) is 0 Å². The summed E-state index contributed by atoms with van der Waals surface area (Å²) in [6, 6.07) is 11.6. The normalized spacial score (nSPS) is 10.4. The zero-order valence-corrected chi connectivity index (χ0v) is 13.5. The molecule has 0 amide bonds. The van der Waals surface area contributed by atoms with Crippen molar-refractivity contribution in [2.24, 2.45) is 0 Å². The van der Waals surface area contributed by atoms with Gasteiger partial charge in [-0.05, 0) is 64.7 Å². The van der Waals surface area contributed by atoms with Gasteiger partial charge in [-0.2, -0.15) is 0 Å². The van der Waals surface area contributed by atoms with Crippen LogP contribution >= 0.6 is 15.9 Å². The fraction of sp³-hybridized carbons (Fsp3) is 0.235. The van der Waals surface area contributed by atoms with E-state index in [1.54, 1.807) is 7.11 Å². The van der Waals surface area contributed by atoms with Crippen LogP contribution in [0.5, 0.6) is 5.75 Å². The minimum absolute atomic E-state index is 0.130. The van der Waals surface area contributed by atoms with Crippen molar-refractivity contribution in [2.75, 3.05) is 7.11 Å². The SMILES string of the molecule is COc1ccc(CC(=O)c2ccc(C)c(C)c2)cc1Br. The average molecular weight is 333 g/mol. The van der Waals surface area contributed by atoms with Gasteiger partial charge < -0.3 is 4.74 Å². The van der Waals surface area contributed by atoms with Crippen LogP contribution in [0.3, 0.4) is 0 Å². The van der Waals surface area contributed by atoms with Gasteiger partial charge in [-0.3, -0.25) is 4.79 Å². The lowest BCUT2D eigenvalue weighted by Gasteiger charge is -2.07. The average Bonchev–Trinajstić information content (AvgIpc) is 2.42. The Kier molecular flexibility index (Phi) is 4.61. The Morgan fingerprint density at radius 2 is 1.85 bits per heavy atom. The van der Waals surface area contributed by atoms with Crippen molar-refractivity contribution in [2.45, 2.75) is 20.3 Å². The molecule has 104 valence electrons. The Labute approximate surface area is 127 Å². The van der Waals surface area contributed by atoms with E-state index in [1.165, 1.54) is 5.56 Å². The highest BCUT2D eigenvalue weighted by Crippen LogP contribution is 2.26. The third-order valence-corrected chi connectivity index (χ3v) is 4.03. The maximum atomic E-state index is 12.3. The number of ether oxygens (including phenoxy) is 1. The van der Waals surface area contributed by atoms with Gasteiger partial charge in [0.05, 0.1) is 11.6 Å². The van der Waals surface area contributed by atoms with E-state index in [2.05, 4.69) is 15.9 Å². The van der Waals surface area contributed by atoms with Gasteiger partial charge in [-0.1, -0.05) is 18.2 Å². The van der Waals surface area contributed by atoms with E-state index < -0.39 is 0 Å². The van der Waals surface area contributed by atoms with Crippen LogP contribution < -0.4 is 4.74 Å². The van der Waals surface area contributed by atoms with Crippen molar-refractivity contribution >= 4 is 21.7 Å². The summed E-state index contributed by atoms with van der Waals surface area (Å²) in [5.74, 6) is 0.901. The van der Waals surface area contributed by atoms with Crippen molar-refractivity contribution in [1.29, 1.82) is 0 Å². The second-order valence-electron chi connectivity index (χ2n) is 4.87. The van der Waals surface area contributed by atoms with Crippen molar-refractivity contribution in [3.8, 4) is 5.75 Å². The first-order valence-electron chi connectivity index (χ1n) is 6.44. The van der Waals surface area contributed by atoms with Crippen LogP contribution in [0, 0.1) is 13.8 Å². The smallest absolute Gasteiger partial charge is 0.167 e. The fourth-order valence-electron chi connectivity index (χ4n) is 2.02. The number of methoxy groups -OCH3 is 1. The number of ketones is 1. The molecule has 0 aromatic heterocycles. The molecule has 0 heterocycles. The second kappa shape index (κ2) is 6.23. The summed E-state index contributed by atoms with van der Waals surface area (Å²) >= 11 is 3.44. The first-order valence-corrected chi connectivity index (χ1v) is 7.23. The van der Waals surface area contributed by atoms with Gasteiger partial charge in [0.1, 0.15) is 5.75 Å². The largest absolute Gasteiger partial charge is 0.496 e. The highest BCUT2D eigenvalue weighted by molar-refractivity contribution is 9.10. The van der Waals surface area contributed by atoms with Crippen LogP contribution in [-0.4, -0.2) is 12.9 Å². The molecular weight excluding hydrogens is 316 g/mol. The predicted molar refractivity (Wildman–Crippen MR) is 84.6 cm³/mol. The van der Waals surface area contributed by atoms with Crippen LogP contribution in [0.1, 0.15) is 27.0 Å². The van der Waals surface area contributed by atoms with E-state index in [0.717, 1.165) is 26.9 Å². The van der Waals surface area contributed by atoms with E-state index in [9.17, 15) is 4.79 Å². The molecule has 0 unspecified atom stereocenters. The molecule has 0 fully saturated rings. The molecule has 0 spiro atoms. The monoisotopic (exact) mass is 332 g/mol. The quantitative estimate of drug-likeness (QED) is 0.770. The molecule has 0 N–H and O–H groups in total. The van der Waals surface area contributed by atoms with Gasteiger partial charge >= 0.3 is 0 Å². The number of carbonyl (C=O) groups is 1. The molecule has 2 rings (SSSR count). The van der Waals surface area contributed by atoms with Crippen LogP contribution in [0.15, 0.2) is 40.9 Å². The molecule has 0 atom stereocenters. The Morgan fingerprint density at radius 1 is 1.10 bits per heavy atom. The molecule has 0 aliphatic heterocycles. The van der Waals surface area contributed by atoms with Crippen LogP contribution in [-0.2, 0) is 6.42 Å². The molecule has 3 heteroatoms. The Morgan fingerprint density at radius 3 is 2.45 bits per heavy atom. The van der Waals surface area contributed by atoms with Crippen LogP contribution in [0.25, 0.3) is 0 Å². The summed E-state index contributed by atoms with van der Waals surface area (Å²) in [5.41, 5.74) is 4.08. The third kappa shape index (κ3) is 3.28. The van der Waals surface area contributed by atoms with Crippen molar-refractivity contribution in [1.82, 2.24) is 0 Å². The molecule has 2 aromatic carbocycles. The first-order chi connectivity index (χ1) is 9.51. The molecule has 0 saturated carbocycles. The second-order valence-corrected chi connectivity index (χ2v) is 5.72. The lowest BCUT2D eigenvalue weighted by atomic mass is 9.99. The molecule has 0 bridgehead atoms. The summed E-state index contributed by atoms with van der Waals surface area (Å²) in [4.78, 5) is 12.3. The number of hydrogen-bond donors (Lipinski definition) is 0. The number of halogens is 1. The zero-order chi connectivity index (χ0) is 14.7. The minimum Gasteiger partial charge on any atom is -0.496 e. The van der Waals surface area contributed by atoms with E-state index in [-0.39, 0.29) is 5.78 Å². The molecule has 0 aliphatic carbocycles. The maximum Gasteiger partial charge on any atom is 0.167 e. The van der Waals surface area contributed by atoms with Gasteiger partial charge in [0.2, 0.25) is 0 Å². The zero-order valence-electron chi connectivity index (χ0n) is 11.9. The lowest BCUT2D eigenvalue weighted by Crippen LogP contribution is -2.04. The van der Waals surface area contributed by atoms with E-state index in [4.69, 9.17) is 4.74 Å². The summed E-state index contributed by atoms with van der Waals surface area (Å²) < 4.78 is 6.05. The van der Waals surface area contributed by atoms with Gasteiger partial charge in [-0.15, -0.1) is 0 Å². The lowest BCUT2D eigenvalue weighted by molar-refractivity contribution is 0.0993. The van der Waals surface area contributed by atoms with E-state index >= 15 is 0 Å². The molecule has 20 heavy (non-hydrogen) atoms. The third-order valence-electron chi connectivity index (χ3n) is 3.41. The van der Waals surface area contributed by atoms with E-state index in [0.29, 0.717) is 6.42 Å². The molecule has 0 saturated heterocycles. The molecule has 2 aromatic rings. The Bertz CT molecular complexity index is 647. The summed E-state index contributed by atoms with van der Waals surface area (Å²) in [7, 11) is 1.62. The number of hydrogen-bond acceptors (Lipinski definition) is 2. The summed E-state index contributed by atoms with van der Waals surface area (Å²) in [6.45, 7) is 4.07. The number of Topliss-reactive ketones (excluding diaryl/α,β-unsaturated/α-hetero) is 1. The highest BCUT2D eigenvalue weighted by atomic mass is 79.9. The van der Waals surface area contributed by atoms with Crippen molar-refractivity contribution in [3.63, 3.8) is 0 Å². The first kappa shape index (κ1) is 14.8. The fourth-order valence-corrected chi connectivity index (χ4v) is 2.61. The van der Waals surface area contributed by atoms with E-state index in [1.807, 2.05) is 50.2 Å². The Hall–Kier alpha value is -1.61. The Balaban J connectivity index is 2.19. The van der Waals surface area contributed by atoms with Crippen molar-refractivity contribution < 1.29 is 9.53 Å². The number of benzene rings is 2. The minimum atomic E-state index is 0.130. The number of carbonyl (C=O) groups excluding carboxylic acids is 1. The summed E-state index contributed by atoms with van der Waals surface area (Å²) in [5, 5.41) is 0. The summed E-state index contributed by atoms with van der Waals surface area (Å²) in [6.07, 6.45) is 0.394. The van der Waals surface area contributed by atoms with Crippen LogP contribution in [0.4, 0.5) is 0 Å². The van der Waals surface area contributed by atoms with Gasteiger partial charge in [0, 0.05) is 12.0 Å².